The van der Waals surface area contributed by atoms with Crippen molar-refractivity contribution in [3.05, 3.63) is 23.9 Å². The number of anilines is 1. The van der Waals surface area contributed by atoms with Crippen LogP contribution in [-0.2, 0) is 0 Å². The van der Waals surface area contributed by atoms with Crippen LogP contribution in [0.5, 0.6) is 0 Å². The van der Waals surface area contributed by atoms with E-state index in [2.05, 4.69) is 28.8 Å². The van der Waals surface area contributed by atoms with Crippen molar-refractivity contribution in [2.24, 2.45) is 5.92 Å². The van der Waals surface area contributed by atoms with Crippen LogP contribution in [0, 0.1) is 5.92 Å². The van der Waals surface area contributed by atoms with Gasteiger partial charge in [-0.3, -0.25) is 4.79 Å². The highest BCUT2D eigenvalue weighted by atomic mass is 16.3. The molecule has 0 aromatic carbocycles. The van der Waals surface area contributed by atoms with Gasteiger partial charge in [0.1, 0.15) is 5.82 Å². The number of likely N-dealkylation sites (N-methyl/N-ethyl adjacent to an activating group) is 1. The molecule has 1 N–H and O–H groups in total. The molecule has 0 spiro atoms. The van der Waals surface area contributed by atoms with Crippen LogP contribution >= 0.6 is 0 Å². The first-order valence-corrected chi connectivity index (χ1v) is 8.90. The van der Waals surface area contributed by atoms with Crippen molar-refractivity contribution in [2.45, 2.75) is 25.8 Å². The number of piperazine rings is 1. The molecule has 6 nitrogen and oxygen atoms in total. The van der Waals surface area contributed by atoms with Gasteiger partial charge in [0.15, 0.2) is 0 Å². The summed E-state index contributed by atoms with van der Waals surface area (Å²) in [6, 6.07) is 3.95. The van der Waals surface area contributed by atoms with E-state index in [-0.39, 0.29) is 24.5 Å². The molecule has 2 unspecified atom stereocenters. The number of carbonyl (C=O) groups is 1. The molecule has 132 valence electrons. The molecule has 3 heterocycles. The molecular weight excluding hydrogens is 304 g/mol. The van der Waals surface area contributed by atoms with Crippen LogP contribution in [0.1, 0.15) is 30.1 Å². The van der Waals surface area contributed by atoms with Crippen LogP contribution in [0.4, 0.5) is 5.82 Å². The zero-order chi connectivity index (χ0) is 17.1. The van der Waals surface area contributed by atoms with E-state index in [0.717, 1.165) is 44.8 Å². The van der Waals surface area contributed by atoms with Crippen LogP contribution in [0.2, 0.25) is 0 Å². The van der Waals surface area contributed by atoms with E-state index in [1.54, 1.807) is 12.3 Å². The van der Waals surface area contributed by atoms with Crippen molar-refractivity contribution in [1.82, 2.24) is 14.8 Å². The molecule has 2 atom stereocenters. The second-order valence-electron chi connectivity index (χ2n) is 7.13. The molecule has 24 heavy (non-hydrogen) atoms. The lowest BCUT2D eigenvalue weighted by atomic mass is 9.93. The van der Waals surface area contributed by atoms with Crippen molar-refractivity contribution in [3.8, 4) is 0 Å². The van der Waals surface area contributed by atoms with E-state index < -0.39 is 0 Å². The van der Waals surface area contributed by atoms with Gasteiger partial charge in [0.2, 0.25) is 0 Å². The SMILES string of the molecule is CC1CCC(CO)CN1C(=O)c1ccnc(N2CCN(C)CC2)c1. The number of piperidine rings is 1. The van der Waals surface area contributed by atoms with Gasteiger partial charge in [-0.2, -0.15) is 0 Å². The maximum Gasteiger partial charge on any atom is 0.254 e. The summed E-state index contributed by atoms with van der Waals surface area (Å²) in [6.45, 7) is 6.79. The minimum absolute atomic E-state index is 0.0541. The minimum Gasteiger partial charge on any atom is -0.396 e. The lowest BCUT2D eigenvalue weighted by Gasteiger charge is -2.37. The summed E-state index contributed by atoms with van der Waals surface area (Å²) in [5, 5.41) is 9.42. The molecular formula is C18H28N4O2. The summed E-state index contributed by atoms with van der Waals surface area (Å²) in [7, 11) is 2.13. The van der Waals surface area contributed by atoms with Gasteiger partial charge in [-0.1, -0.05) is 0 Å². The molecule has 1 aromatic rings. The predicted octanol–water partition coefficient (Wildman–Crippen LogP) is 1.07. The third-order valence-electron chi connectivity index (χ3n) is 5.32. The maximum absolute atomic E-state index is 12.9. The van der Waals surface area contributed by atoms with Gasteiger partial charge in [-0.05, 0) is 44.9 Å². The molecule has 3 rings (SSSR count). The van der Waals surface area contributed by atoms with Crippen LogP contribution in [-0.4, -0.2) is 78.2 Å². The van der Waals surface area contributed by atoms with E-state index >= 15 is 0 Å². The Morgan fingerprint density at radius 3 is 2.75 bits per heavy atom. The molecule has 0 radical (unpaired) electrons. The highest BCUT2D eigenvalue weighted by Gasteiger charge is 2.29. The fraction of sp³-hybridized carbons (Fsp3) is 0.667. The molecule has 0 saturated carbocycles. The number of aromatic nitrogens is 1. The van der Waals surface area contributed by atoms with Crippen molar-refractivity contribution in [2.75, 3.05) is 51.3 Å². The van der Waals surface area contributed by atoms with Gasteiger partial charge in [0.05, 0.1) is 0 Å². The number of nitrogens with zero attached hydrogens (tertiary/aromatic N) is 4. The van der Waals surface area contributed by atoms with Gasteiger partial charge in [0, 0.05) is 57.1 Å². The Balaban J connectivity index is 1.74. The molecule has 1 amide bonds. The maximum atomic E-state index is 12.9. The number of aliphatic hydroxyl groups excluding tert-OH is 1. The van der Waals surface area contributed by atoms with Crippen molar-refractivity contribution in [1.29, 1.82) is 0 Å². The normalized spacial score (nSPS) is 25.8. The number of hydrogen-bond acceptors (Lipinski definition) is 5. The lowest BCUT2D eigenvalue weighted by Crippen LogP contribution is -2.46. The molecule has 2 aliphatic heterocycles. The Morgan fingerprint density at radius 1 is 1.29 bits per heavy atom. The number of pyridine rings is 1. The van der Waals surface area contributed by atoms with Gasteiger partial charge in [-0.15, -0.1) is 0 Å². The largest absolute Gasteiger partial charge is 0.396 e. The van der Waals surface area contributed by atoms with Crippen molar-refractivity contribution < 1.29 is 9.90 Å². The number of aliphatic hydroxyl groups is 1. The topological polar surface area (TPSA) is 59.9 Å². The van der Waals surface area contributed by atoms with Gasteiger partial charge >= 0.3 is 0 Å². The van der Waals surface area contributed by atoms with E-state index in [0.29, 0.717) is 12.1 Å². The van der Waals surface area contributed by atoms with Crippen LogP contribution < -0.4 is 4.90 Å². The van der Waals surface area contributed by atoms with E-state index in [4.69, 9.17) is 0 Å². The summed E-state index contributed by atoms with van der Waals surface area (Å²) in [6.07, 6.45) is 3.68. The molecule has 0 bridgehead atoms. The van der Waals surface area contributed by atoms with Gasteiger partial charge < -0.3 is 19.8 Å². The third kappa shape index (κ3) is 3.70. The number of carbonyl (C=O) groups excluding carboxylic acids is 1. The van der Waals surface area contributed by atoms with E-state index in [1.807, 2.05) is 11.0 Å². The smallest absolute Gasteiger partial charge is 0.254 e. The first kappa shape index (κ1) is 17.2. The second kappa shape index (κ2) is 7.49. The monoisotopic (exact) mass is 332 g/mol. The number of hydrogen-bond donors (Lipinski definition) is 1. The van der Waals surface area contributed by atoms with Crippen LogP contribution in [0.3, 0.4) is 0 Å². The predicted molar refractivity (Wildman–Crippen MR) is 94.3 cm³/mol. The number of likely N-dealkylation sites (tertiary alicyclic amines) is 1. The number of rotatable bonds is 3. The highest BCUT2D eigenvalue weighted by Crippen LogP contribution is 2.24. The van der Waals surface area contributed by atoms with Crippen molar-refractivity contribution in [3.63, 3.8) is 0 Å². The Hall–Kier alpha value is -1.66. The summed E-state index contributed by atoms with van der Waals surface area (Å²) in [5.41, 5.74) is 0.698. The average molecular weight is 332 g/mol. The Morgan fingerprint density at radius 2 is 2.04 bits per heavy atom. The van der Waals surface area contributed by atoms with E-state index in [1.165, 1.54) is 0 Å². The summed E-state index contributed by atoms with van der Waals surface area (Å²) >= 11 is 0. The standard InChI is InChI=1S/C18H28N4O2/c1-14-3-4-15(13-23)12-22(14)18(24)16-5-6-19-17(11-16)21-9-7-20(2)8-10-21/h5-6,11,14-15,23H,3-4,7-10,12-13H2,1-2H3. The summed E-state index contributed by atoms with van der Waals surface area (Å²) in [4.78, 5) is 23.9. The zero-order valence-electron chi connectivity index (χ0n) is 14.7. The molecule has 0 aliphatic carbocycles. The Kier molecular flexibility index (Phi) is 5.36. The highest BCUT2D eigenvalue weighted by molar-refractivity contribution is 5.95. The van der Waals surface area contributed by atoms with Gasteiger partial charge in [0.25, 0.3) is 5.91 Å². The molecule has 2 saturated heterocycles. The summed E-state index contributed by atoms with van der Waals surface area (Å²) in [5.74, 6) is 1.14. The van der Waals surface area contributed by atoms with Crippen LogP contribution in [0.25, 0.3) is 0 Å². The zero-order valence-corrected chi connectivity index (χ0v) is 14.7. The summed E-state index contributed by atoms with van der Waals surface area (Å²) < 4.78 is 0. The van der Waals surface area contributed by atoms with Gasteiger partial charge in [-0.25, -0.2) is 4.98 Å². The first-order chi connectivity index (χ1) is 11.6. The average Bonchev–Trinajstić information content (AvgIpc) is 2.62. The number of amides is 1. The Bertz CT molecular complexity index is 572. The molecule has 2 aliphatic rings. The van der Waals surface area contributed by atoms with Crippen molar-refractivity contribution >= 4 is 11.7 Å². The molecule has 6 heteroatoms. The minimum atomic E-state index is 0.0541. The third-order valence-corrected chi connectivity index (χ3v) is 5.32. The molecule has 2 fully saturated rings. The second-order valence-corrected chi connectivity index (χ2v) is 7.13. The lowest BCUT2D eigenvalue weighted by molar-refractivity contribution is 0.0489. The van der Waals surface area contributed by atoms with E-state index in [9.17, 15) is 9.90 Å². The molecule has 1 aromatic heterocycles. The Labute approximate surface area is 144 Å². The fourth-order valence-electron chi connectivity index (χ4n) is 3.54. The first-order valence-electron chi connectivity index (χ1n) is 8.90. The quantitative estimate of drug-likeness (QED) is 0.897. The van der Waals surface area contributed by atoms with Crippen LogP contribution in [0.15, 0.2) is 18.3 Å². The fourth-order valence-corrected chi connectivity index (χ4v) is 3.54.